The molecule has 19 heavy (non-hydrogen) atoms. The van der Waals surface area contributed by atoms with Gasteiger partial charge in [-0.25, -0.2) is 13.9 Å². The monoisotopic (exact) mass is 284 g/mol. The van der Waals surface area contributed by atoms with Crippen LogP contribution in [0.5, 0.6) is 0 Å². The maximum atomic E-state index is 13.0. The number of hydrogen-bond acceptors (Lipinski definition) is 4. The molecule has 0 aliphatic rings. The van der Waals surface area contributed by atoms with Crippen LogP contribution in [0.2, 0.25) is 5.02 Å². The number of aromatic carboxylic acids is 1. The average Bonchev–Trinajstić information content (AvgIpc) is 2.82. The van der Waals surface area contributed by atoms with Gasteiger partial charge in [-0.3, -0.25) is 0 Å². The molecule has 100 valence electrons. The summed E-state index contributed by atoms with van der Waals surface area (Å²) >= 11 is 5.88. The van der Waals surface area contributed by atoms with Crippen LogP contribution in [0.4, 0.5) is 10.1 Å². The number of anilines is 1. The maximum absolute atomic E-state index is 13.0. The topological polar surface area (TPSA) is 80.0 Å². The Balaban J connectivity index is 1.92. The summed E-state index contributed by atoms with van der Waals surface area (Å²) in [6, 6.07) is 4.01. The molecule has 8 heteroatoms. The lowest BCUT2D eigenvalue weighted by Crippen LogP contribution is -2.11. The predicted molar refractivity (Wildman–Crippen MR) is 66.9 cm³/mol. The van der Waals surface area contributed by atoms with Gasteiger partial charge in [-0.05, 0) is 18.2 Å². The van der Waals surface area contributed by atoms with E-state index < -0.39 is 5.97 Å². The lowest BCUT2D eigenvalue weighted by molar-refractivity contribution is 0.0690. The average molecular weight is 285 g/mol. The van der Waals surface area contributed by atoms with E-state index in [2.05, 4.69) is 15.6 Å². The van der Waals surface area contributed by atoms with E-state index in [-0.39, 0.29) is 11.5 Å². The molecule has 0 saturated heterocycles. The molecule has 0 aliphatic carbocycles. The molecule has 2 N–H and O–H groups in total. The summed E-state index contributed by atoms with van der Waals surface area (Å²) in [4.78, 5) is 10.6. The number of carboxylic acid groups (broad SMARTS) is 1. The molecule has 0 saturated carbocycles. The van der Waals surface area contributed by atoms with E-state index in [4.69, 9.17) is 16.7 Å². The molecule has 0 atom stereocenters. The van der Waals surface area contributed by atoms with E-state index in [1.54, 1.807) is 0 Å². The maximum Gasteiger partial charge on any atom is 0.358 e. The minimum absolute atomic E-state index is 0.121. The Morgan fingerprint density at radius 1 is 1.53 bits per heavy atom. The van der Waals surface area contributed by atoms with Crippen molar-refractivity contribution in [2.24, 2.45) is 0 Å². The van der Waals surface area contributed by atoms with Gasteiger partial charge in [0.1, 0.15) is 5.82 Å². The van der Waals surface area contributed by atoms with Crippen molar-refractivity contribution in [3.63, 3.8) is 0 Å². The van der Waals surface area contributed by atoms with Gasteiger partial charge in [-0.2, -0.15) is 0 Å². The molecule has 1 heterocycles. The summed E-state index contributed by atoms with van der Waals surface area (Å²) in [5, 5.41) is 19.1. The summed E-state index contributed by atoms with van der Waals surface area (Å²) in [5.74, 6) is -1.52. The molecule has 0 fully saturated rings. The first-order valence-electron chi connectivity index (χ1n) is 5.38. The minimum atomic E-state index is -1.13. The molecular weight excluding hydrogens is 275 g/mol. The first-order chi connectivity index (χ1) is 9.06. The van der Waals surface area contributed by atoms with E-state index in [1.807, 2.05) is 0 Å². The third kappa shape index (κ3) is 3.41. The number of aromatic nitrogens is 3. The molecule has 0 radical (unpaired) electrons. The van der Waals surface area contributed by atoms with Gasteiger partial charge in [0, 0.05) is 6.54 Å². The van der Waals surface area contributed by atoms with E-state index in [0.29, 0.717) is 23.8 Å². The van der Waals surface area contributed by atoms with Crippen molar-refractivity contribution in [1.29, 1.82) is 0 Å². The third-order valence-corrected chi connectivity index (χ3v) is 2.67. The Hall–Kier alpha value is -2.15. The largest absolute Gasteiger partial charge is 0.476 e. The van der Waals surface area contributed by atoms with Crippen LogP contribution in [0.1, 0.15) is 10.5 Å². The SMILES string of the molecule is O=C(O)c1cn(CCNc2cc(F)ccc2Cl)nn1. The third-order valence-electron chi connectivity index (χ3n) is 2.34. The summed E-state index contributed by atoms with van der Waals surface area (Å²) in [5.41, 5.74) is 0.351. The van der Waals surface area contributed by atoms with Gasteiger partial charge in [-0.1, -0.05) is 16.8 Å². The van der Waals surface area contributed by atoms with Crippen LogP contribution >= 0.6 is 11.6 Å². The molecule has 6 nitrogen and oxygen atoms in total. The van der Waals surface area contributed by atoms with Crippen molar-refractivity contribution in [2.75, 3.05) is 11.9 Å². The second-order valence-electron chi connectivity index (χ2n) is 3.72. The number of nitrogens with one attached hydrogen (secondary N) is 1. The Bertz CT molecular complexity index is 602. The van der Waals surface area contributed by atoms with Crippen molar-refractivity contribution in [2.45, 2.75) is 6.54 Å². The molecule has 0 amide bonds. The highest BCUT2D eigenvalue weighted by molar-refractivity contribution is 6.33. The standard InChI is InChI=1S/C11H10ClFN4O2/c12-8-2-1-7(13)5-9(8)14-3-4-17-6-10(11(18)19)15-16-17/h1-2,5-6,14H,3-4H2,(H,18,19). The van der Waals surface area contributed by atoms with Gasteiger partial charge in [0.15, 0.2) is 5.69 Å². The highest BCUT2D eigenvalue weighted by atomic mass is 35.5. The van der Waals surface area contributed by atoms with Crippen LogP contribution in [-0.4, -0.2) is 32.6 Å². The van der Waals surface area contributed by atoms with E-state index in [0.717, 1.165) is 0 Å². The van der Waals surface area contributed by atoms with Gasteiger partial charge in [-0.15, -0.1) is 5.10 Å². The zero-order chi connectivity index (χ0) is 13.8. The zero-order valence-electron chi connectivity index (χ0n) is 9.68. The molecular formula is C11H10ClFN4O2. The molecule has 0 bridgehead atoms. The second kappa shape index (κ2) is 5.66. The predicted octanol–water partition coefficient (Wildman–Crippen LogP) is 1.88. The van der Waals surface area contributed by atoms with E-state index in [9.17, 15) is 9.18 Å². The first kappa shape index (κ1) is 13.3. The van der Waals surface area contributed by atoms with Gasteiger partial charge in [0.25, 0.3) is 0 Å². The lowest BCUT2D eigenvalue weighted by atomic mass is 10.3. The second-order valence-corrected chi connectivity index (χ2v) is 4.13. The summed E-state index contributed by atoms with van der Waals surface area (Å²) in [7, 11) is 0. The van der Waals surface area contributed by atoms with E-state index >= 15 is 0 Å². The number of rotatable bonds is 5. The fourth-order valence-corrected chi connectivity index (χ4v) is 1.63. The van der Waals surface area contributed by atoms with Gasteiger partial charge in [0.2, 0.25) is 0 Å². The Morgan fingerprint density at radius 2 is 2.32 bits per heavy atom. The molecule has 1 aromatic carbocycles. The number of carboxylic acids is 1. The van der Waals surface area contributed by atoms with Crippen LogP contribution in [0.15, 0.2) is 24.4 Å². The molecule has 0 unspecified atom stereocenters. The Labute approximate surface area is 112 Å². The van der Waals surface area contributed by atoms with Crippen molar-refractivity contribution < 1.29 is 14.3 Å². The van der Waals surface area contributed by atoms with Crippen molar-refractivity contribution in [3.05, 3.63) is 40.9 Å². The minimum Gasteiger partial charge on any atom is -0.476 e. The van der Waals surface area contributed by atoms with Crippen molar-refractivity contribution in [3.8, 4) is 0 Å². The number of nitrogens with zero attached hydrogens (tertiary/aromatic N) is 3. The summed E-state index contributed by atoms with van der Waals surface area (Å²) in [6.07, 6.45) is 1.32. The fourth-order valence-electron chi connectivity index (χ4n) is 1.44. The molecule has 2 rings (SSSR count). The zero-order valence-corrected chi connectivity index (χ0v) is 10.4. The number of carbonyl (C=O) groups is 1. The number of benzene rings is 1. The Morgan fingerprint density at radius 3 is 3.00 bits per heavy atom. The number of hydrogen-bond donors (Lipinski definition) is 2. The molecule has 2 aromatic rings. The highest BCUT2D eigenvalue weighted by Gasteiger charge is 2.08. The number of halogens is 2. The first-order valence-corrected chi connectivity index (χ1v) is 5.76. The van der Waals surface area contributed by atoms with Gasteiger partial charge >= 0.3 is 5.97 Å². The van der Waals surface area contributed by atoms with Crippen LogP contribution in [-0.2, 0) is 6.54 Å². The van der Waals surface area contributed by atoms with Crippen molar-refractivity contribution in [1.82, 2.24) is 15.0 Å². The summed E-state index contributed by atoms with van der Waals surface area (Å²) < 4.78 is 14.4. The van der Waals surface area contributed by atoms with Crippen LogP contribution in [0, 0.1) is 5.82 Å². The normalized spacial score (nSPS) is 10.4. The van der Waals surface area contributed by atoms with Crippen molar-refractivity contribution >= 4 is 23.3 Å². The summed E-state index contributed by atoms with van der Waals surface area (Å²) in [6.45, 7) is 0.790. The van der Waals surface area contributed by atoms with Crippen LogP contribution in [0.25, 0.3) is 0 Å². The lowest BCUT2D eigenvalue weighted by Gasteiger charge is -2.08. The van der Waals surface area contributed by atoms with Gasteiger partial charge < -0.3 is 10.4 Å². The molecule has 0 aliphatic heterocycles. The van der Waals surface area contributed by atoms with Crippen LogP contribution < -0.4 is 5.32 Å². The molecule has 0 spiro atoms. The van der Waals surface area contributed by atoms with Crippen LogP contribution in [0.3, 0.4) is 0 Å². The highest BCUT2D eigenvalue weighted by Crippen LogP contribution is 2.21. The quantitative estimate of drug-likeness (QED) is 0.876. The fraction of sp³-hybridized carbons (Fsp3) is 0.182. The smallest absolute Gasteiger partial charge is 0.358 e. The van der Waals surface area contributed by atoms with E-state index in [1.165, 1.54) is 29.1 Å². The Kier molecular flexibility index (Phi) is 3.96. The molecule has 1 aromatic heterocycles. The van der Waals surface area contributed by atoms with Gasteiger partial charge in [0.05, 0.1) is 23.5 Å².